The van der Waals surface area contributed by atoms with Gasteiger partial charge < -0.3 is 14.6 Å². The van der Waals surface area contributed by atoms with Crippen LogP contribution in [0.4, 0.5) is 0 Å². The molecule has 17 heavy (non-hydrogen) atoms. The summed E-state index contributed by atoms with van der Waals surface area (Å²) in [6, 6.07) is 8.80. The van der Waals surface area contributed by atoms with Crippen molar-refractivity contribution in [3.63, 3.8) is 0 Å². The number of methoxy groups -OCH3 is 1. The lowest BCUT2D eigenvalue weighted by molar-refractivity contribution is 0.199. The van der Waals surface area contributed by atoms with Crippen molar-refractivity contribution in [3.8, 4) is 0 Å². The predicted octanol–water partition coefficient (Wildman–Crippen LogP) is 2.40. The summed E-state index contributed by atoms with van der Waals surface area (Å²) in [7, 11) is 1.72. The van der Waals surface area contributed by atoms with Gasteiger partial charge in [0, 0.05) is 38.5 Å². The molecule has 1 aromatic carbocycles. The first kappa shape index (κ1) is 12.1. The van der Waals surface area contributed by atoms with Crippen molar-refractivity contribution in [1.82, 2.24) is 9.88 Å². The van der Waals surface area contributed by atoms with Crippen molar-refractivity contribution in [2.45, 2.75) is 20.0 Å². The van der Waals surface area contributed by atoms with E-state index in [9.17, 15) is 0 Å². The molecule has 0 aliphatic carbocycles. The lowest BCUT2D eigenvalue weighted by atomic mass is 10.1. The zero-order chi connectivity index (χ0) is 12.1. The van der Waals surface area contributed by atoms with E-state index >= 15 is 0 Å². The number of aryl methyl sites for hydroxylation is 1. The number of fused-ring (bicyclic) bond motifs is 1. The summed E-state index contributed by atoms with van der Waals surface area (Å²) in [5.74, 6) is 0. The fourth-order valence-corrected chi connectivity index (χ4v) is 2.02. The fourth-order valence-electron chi connectivity index (χ4n) is 2.02. The summed E-state index contributed by atoms with van der Waals surface area (Å²) in [4.78, 5) is 0. The Morgan fingerprint density at radius 3 is 2.94 bits per heavy atom. The van der Waals surface area contributed by atoms with Gasteiger partial charge in [-0.05, 0) is 30.0 Å². The molecular formula is C14H20N2O. The molecule has 2 rings (SSSR count). The molecule has 0 atom stereocenters. The average Bonchev–Trinajstić information content (AvgIpc) is 2.77. The Hall–Kier alpha value is -1.32. The van der Waals surface area contributed by atoms with Crippen molar-refractivity contribution in [3.05, 3.63) is 36.0 Å². The first-order valence-electron chi connectivity index (χ1n) is 6.12. The second kappa shape index (κ2) is 5.84. The van der Waals surface area contributed by atoms with Gasteiger partial charge in [-0.2, -0.15) is 0 Å². The Kier molecular flexibility index (Phi) is 4.18. The van der Waals surface area contributed by atoms with Gasteiger partial charge in [-0.3, -0.25) is 0 Å². The van der Waals surface area contributed by atoms with Gasteiger partial charge in [0.25, 0.3) is 0 Å². The zero-order valence-electron chi connectivity index (χ0n) is 10.6. The summed E-state index contributed by atoms with van der Waals surface area (Å²) in [5.41, 5.74) is 2.64. The van der Waals surface area contributed by atoms with E-state index in [4.69, 9.17) is 4.74 Å². The highest BCUT2D eigenvalue weighted by molar-refractivity contribution is 5.80. The molecule has 3 nitrogen and oxygen atoms in total. The molecule has 1 N–H and O–H groups in total. The van der Waals surface area contributed by atoms with Gasteiger partial charge in [-0.1, -0.05) is 12.1 Å². The highest BCUT2D eigenvalue weighted by Gasteiger charge is 2.00. The lowest BCUT2D eigenvalue weighted by Gasteiger charge is -2.06. The van der Waals surface area contributed by atoms with E-state index < -0.39 is 0 Å². The quantitative estimate of drug-likeness (QED) is 0.774. The third-order valence-corrected chi connectivity index (χ3v) is 2.99. The molecule has 2 aromatic rings. The monoisotopic (exact) mass is 232 g/mol. The van der Waals surface area contributed by atoms with Crippen LogP contribution in [0.25, 0.3) is 10.9 Å². The van der Waals surface area contributed by atoms with E-state index in [-0.39, 0.29) is 0 Å². The Morgan fingerprint density at radius 1 is 1.29 bits per heavy atom. The minimum atomic E-state index is 0.758. The van der Waals surface area contributed by atoms with Crippen LogP contribution < -0.4 is 5.32 Å². The normalized spacial score (nSPS) is 11.2. The molecule has 0 aliphatic heterocycles. The van der Waals surface area contributed by atoms with Crippen molar-refractivity contribution >= 4 is 10.9 Å². The molecule has 0 saturated heterocycles. The third-order valence-electron chi connectivity index (χ3n) is 2.99. The highest BCUT2D eigenvalue weighted by atomic mass is 16.5. The predicted molar refractivity (Wildman–Crippen MR) is 71.2 cm³/mol. The summed E-state index contributed by atoms with van der Waals surface area (Å²) >= 11 is 0. The van der Waals surface area contributed by atoms with Gasteiger partial charge >= 0.3 is 0 Å². The number of nitrogens with zero attached hydrogens (tertiary/aromatic N) is 1. The first-order valence-corrected chi connectivity index (χ1v) is 6.12. The summed E-state index contributed by atoms with van der Waals surface area (Å²) in [6.45, 7) is 5.73. The molecule has 0 radical (unpaired) electrons. The number of rotatable bonds is 6. The third kappa shape index (κ3) is 2.87. The molecule has 92 valence electrons. The number of hydrogen-bond donors (Lipinski definition) is 1. The molecule has 1 aromatic heterocycles. The fraction of sp³-hybridized carbons (Fsp3) is 0.429. The molecule has 0 saturated carbocycles. The van der Waals surface area contributed by atoms with E-state index in [0.717, 1.165) is 26.2 Å². The van der Waals surface area contributed by atoms with Crippen LogP contribution in [0.5, 0.6) is 0 Å². The summed E-state index contributed by atoms with van der Waals surface area (Å²) in [6.07, 6.45) is 2.15. The van der Waals surface area contributed by atoms with Gasteiger partial charge in [-0.25, -0.2) is 0 Å². The second-order valence-electron chi connectivity index (χ2n) is 4.16. The number of hydrogen-bond acceptors (Lipinski definition) is 2. The Bertz CT molecular complexity index is 476. The van der Waals surface area contributed by atoms with E-state index in [1.54, 1.807) is 7.11 Å². The zero-order valence-corrected chi connectivity index (χ0v) is 10.6. The minimum absolute atomic E-state index is 0.758. The van der Waals surface area contributed by atoms with Crippen LogP contribution >= 0.6 is 0 Å². The smallest absolute Gasteiger partial charge is 0.0587 e. The van der Waals surface area contributed by atoms with E-state index in [2.05, 4.69) is 47.3 Å². The van der Waals surface area contributed by atoms with Gasteiger partial charge in [0.1, 0.15) is 0 Å². The molecule has 0 bridgehead atoms. The SMILES string of the molecule is CCn1ccc2ccc(CNCCOC)cc21. The second-order valence-corrected chi connectivity index (χ2v) is 4.16. The molecule has 0 spiro atoms. The van der Waals surface area contributed by atoms with Gasteiger partial charge in [0.2, 0.25) is 0 Å². The van der Waals surface area contributed by atoms with Crippen LogP contribution in [0.15, 0.2) is 30.5 Å². The molecule has 1 heterocycles. The molecular weight excluding hydrogens is 212 g/mol. The highest BCUT2D eigenvalue weighted by Crippen LogP contribution is 2.17. The summed E-state index contributed by atoms with van der Waals surface area (Å²) < 4.78 is 7.28. The molecule has 0 aliphatic rings. The molecule has 0 fully saturated rings. The number of benzene rings is 1. The lowest BCUT2D eigenvalue weighted by Crippen LogP contribution is -2.18. The maximum Gasteiger partial charge on any atom is 0.0587 e. The van der Waals surface area contributed by atoms with E-state index in [1.165, 1.54) is 16.5 Å². The van der Waals surface area contributed by atoms with Gasteiger partial charge in [-0.15, -0.1) is 0 Å². The maximum atomic E-state index is 5.01. The van der Waals surface area contributed by atoms with Crippen molar-refractivity contribution < 1.29 is 4.74 Å². The van der Waals surface area contributed by atoms with Gasteiger partial charge in [0.05, 0.1) is 6.61 Å². The molecule has 0 amide bonds. The average molecular weight is 232 g/mol. The van der Waals surface area contributed by atoms with Crippen LogP contribution in [-0.4, -0.2) is 24.8 Å². The van der Waals surface area contributed by atoms with Crippen molar-refractivity contribution in [2.24, 2.45) is 0 Å². The Labute approximate surface area is 102 Å². The minimum Gasteiger partial charge on any atom is -0.383 e. The van der Waals surface area contributed by atoms with Crippen LogP contribution in [0.2, 0.25) is 0 Å². The van der Waals surface area contributed by atoms with Crippen LogP contribution in [0.1, 0.15) is 12.5 Å². The number of ether oxygens (including phenoxy) is 1. The Balaban J connectivity index is 2.07. The van der Waals surface area contributed by atoms with Crippen LogP contribution in [0, 0.1) is 0 Å². The first-order chi connectivity index (χ1) is 8.35. The molecule has 0 unspecified atom stereocenters. The van der Waals surface area contributed by atoms with Crippen LogP contribution in [0.3, 0.4) is 0 Å². The maximum absolute atomic E-state index is 5.01. The van der Waals surface area contributed by atoms with Crippen molar-refractivity contribution in [2.75, 3.05) is 20.3 Å². The Morgan fingerprint density at radius 2 is 2.18 bits per heavy atom. The largest absolute Gasteiger partial charge is 0.383 e. The molecule has 3 heteroatoms. The van der Waals surface area contributed by atoms with Crippen LogP contribution in [-0.2, 0) is 17.8 Å². The number of aromatic nitrogens is 1. The van der Waals surface area contributed by atoms with Crippen molar-refractivity contribution in [1.29, 1.82) is 0 Å². The summed E-state index contributed by atoms with van der Waals surface area (Å²) in [5, 5.41) is 4.68. The standard InChI is InChI=1S/C14H20N2O/c1-3-16-8-6-13-5-4-12(10-14(13)16)11-15-7-9-17-2/h4-6,8,10,15H,3,7,9,11H2,1-2H3. The van der Waals surface area contributed by atoms with E-state index in [1.807, 2.05) is 0 Å². The van der Waals surface area contributed by atoms with E-state index in [0.29, 0.717) is 0 Å². The van der Waals surface area contributed by atoms with Gasteiger partial charge in [0.15, 0.2) is 0 Å². The number of nitrogens with one attached hydrogen (secondary N) is 1. The topological polar surface area (TPSA) is 26.2 Å².